The van der Waals surface area contributed by atoms with Crippen LogP contribution in [0.5, 0.6) is 5.75 Å². The molecule has 1 aliphatic rings. The zero-order valence-corrected chi connectivity index (χ0v) is 14.6. The van der Waals surface area contributed by atoms with E-state index < -0.39 is 18.4 Å². The number of aliphatic carboxylic acids is 1. The van der Waals surface area contributed by atoms with Gasteiger partial charge in [0.1, 0.15) is 28.0 Å². The number of hydrogen-bond donors (Lipinski definition) is 1. The number of carboxylic acids is 1. The van der Waals surface area contributed by atoms with Crippen LogP contribution < -0.4 is 4.74 Å². The summed E-state index contributed by atoms with van der Waals surface area (Å²) in [5.41, 5.74) is 1.15. The largest absolute Gasteiger partial charge is 0.494 e. The fourth-order valence-corrected chi connectivity index (χ4v) is 3.43. The Kier molecular flexibility index (Phi) is 4.81. The molecule has 0 atom stereocenters. The monoisotopic (exact) mass is 376 g/mol. The summed E-state index contributed by atoms with van der Waals surface area (Å²) in [7, 11) is 1.56. The summed E-state index contributed by atoms with van der Waals surface area (Å²) in [4.78, 5) is 24.4. The predicted molar refractivity (Wildman–Crippen MR) is 95.4 cm³/mol. The maximum absolute atomic E-state index is 12.2. The van der Waals surface area contributed by atoms with E-state index in [1.54, 1.807) is 19.4 Å². The highest BCUT2D eigenvalue weighted by Gasteiger charge is 2.33. The van der Waals surface area contributed by atoms with Gasteiger partial charge >= 0.3 is 5.97 Å². The molecule has 0 unspecified atom stereocenters. The molecule has 0 bridgehead atoms. The van der Waals surface area contributed by atoms with Crippen molar-refractivity contribution in [3.63, 3.8) is 0 Å². The standard InChI is InChI=1S/C15H12N4O4S2/c1-23-11-5-3-2-4-10(11)19-7-9(16-17-19)6-12-14(22)18(8-13(20)21)15(24)25-12/h2-7H,8H2,1H3,(H,20,21)/b12-6-. The second kappa shape index (κ2) is 7.03. The number of methoxy groups -OCH3 is 1. The number of thiocarbonyl (C=S) groups is 1. The van der Waals surface area contributed by atoms with Crippen molar-refractivity contribution < 1.29 is 19.4 Å². The topological polar surface area (TPSA) is 97.6 Å². The number of ether oxygens (including phenoxy) is 1. The lowest BCUT2D eigenvalue weighted by molar-refractivity contribution is -0.140. The lowest BCUT2D eigenvalue weighted by atomic mass is 10.3. The Morgan fingerprint density at radius 3 is 2.92 bits per heavy atom. The van der Waals surface area contributed by atoms with Crippen LogP contribution in [0.25, 0.3) is 11.8 Å². The summed E-state index contributed by atoms with van der Waals surface area (Å²) in [6, 6.07) is 7.31. The number of carboxylic acid groups (broad SMARTS) is 1. The zero-order chi connectivity index (χ0) is 18.0. The van der Waals surface area contributed by atoms with Crippen LogP contribution in [0.3, 0.4) is 0 Å². The SMILES string of the molecule is COc1ccccc1-n1cc(/C=C2\SC(=S)N(CC(=O)O)C2=O)nn1. The molecule has 1 saturated heterocycles. The third kappa shape index (κ3) is 3.54. The van der Waals surface area contributed by atoms with Gasteiger partial charge in [0.25, 0.3) is 5.91 Å². The molecular weight excluding hydrogens is 364 g/mol. The Morgan fingerprint density at radius 2 is 2.20 bits per heavy atom. The number of benzene rings is 1. The van der Waals surface area contributed by atoms with E-state index in [2.05, 4.69) is 10.3 Å². The number of thioether (sulfide) groups is 1. The first-order chi connectivity index (χ1) is 12.0. The van der Waals surface area contributed by atoms with Gasteiger partial charge in [-0.3, -0.25) is 14.5 Å². The summed E-state index contributed by atoms with van der Waals surface area (Å²) in [5, 5.41) is 16.9. The van der Waals surface area contributed by atoms with E-state index >= 15 is 0 Å². The van der Waals surface area contributed by atoms with Gasteiger partial charge in [-0.1, -0.05) is 41.3 Å². The van der Waals surface area contributed by atoms with Crippen molar-refractivity contribution in [2.24, 2.45) is 0 Å². The van der Waals surface area contributed by atoms with Gasteiger partial charge in [-0.25, -0.2) is 4.68 Å². The first kappa shape index (κ1) is 17.1. The molecule has 1 amide bonds. The minimum atomic E-state index is -1.13. The van der Waals surface area contributed by atoms with E-state index in [1.165, 1.54) is 10.8 Å². The zero-order valence-electron chi connectivity index (χ0n) is 12.9. The minimum Gasteiger partial charge on any atom is -0.494 e. The van der Waals surface area contributed by atoms with E-state index in [1.807, 2.05) is 18.2 Å². The molecule has 1 aromatic carbocycles. The van der Waals surface area contributed by atoms with E-state index in [0.29, 0.717) is 22.0 Å². The van der Waals surface area contributed by atoms with Crippen LogP contribution in [0.15, 0.2) is 35.4 Å². The maximum atomic E-state index is 12.2. The number of rotatable bonds is 5. The van der Waals surface area contributed by atoms with Crippen molar-refractivity contribution in [3.8, 4) is 11.4 Å². The van der Waals surface area contributed by atoms with Crippen molar-refractivity contribution in [3.05, 3.63) is 41.1 Å². The van der Waals surface area contributed by atoms with Crippen LogP contribution in [0.4, 0.5) is 0 Å². The average Bonchev–Trinajstić information content (AvgIpc) is 3.15. The predicted octanol–water partition coefficient (Wildman–Crippen LogP) is 1.56. The number of hydrogen-bond acceptors (Lipinski definition) is 7. The van der Waals surface area contributed by atoms with Gasteiger partial charge in [0, 0.05) is 0 Å². The summed E-state index contributed by atoms with van der Waals surface area (Å²) in [5.74, 6) is -0.948. The lowest BCUT2D eigenvalue weighted by Gasteiger charge is -2.09. The molecule has 1 fully saturated rings. The van der Waals surface area contributed by atoms with Crippen LogP contribution >= 0.6 is 24.0 Å². The van der Waals surface area contributed by atoms with Gasteiger partial charge < -0.3 is 9.84 Å². The first-order valence-corrected chi connectivity index (χ1v) is 8.25. The van der Waals surface area contributed by atoms with Crippen LogP contribution in [-0.2, 0) is 9.59 Å². The van der Waals surface area contributed by atoms with Gasteiger partial charge in [0.15, 0.2) is 0 Å². The quantitative estimate of drug-likeness (QED) is 0.620. The third-order valence-electron chi connectivity index (χ3n) is 3.29. The molecule has 0 aliphatic carbocycles. The molecule has 128 valence electrons. The fraction of sp³-hybridized carbons (Fsp3) is 0.133. The van der Waals surface area contributed by atoms with Crippen molar-refractivity contribution in [2.75, 3.05) is 13.7 Å². The Balaban J connectivity index is 1.86. The molecule has 1 N–H and O–H groups in total. The number of amides is 1. The number of aromatic nitrogens is 3. The highest BCUT2D eigenvalue weighted by molar-refractivity contribution is 8.26. The van der Waals surface area contributed by atoms with E-state index in [-0.39, 0.29) is 4.32 Å². The summed E-state index contributed by atoms with van der Waals surface area (Å²) >= 11 is 6.09. The molecule has 0 radical (unpaired) electrons. The number of carbonyl (C=O) groups excluding carboxylic acids is 1. The van der Waals surface area contributed by atoms with Crippen LogP contribution in [0.2, 0.25) is 0 Å². The molecule has 2 heterocycles. The van der Waals surface area contributed by atoms with Gasteiger partial charge in [0.2, 0.25) is 0 Å². The molecule has 8 nitrogen and oxygen atoms in total. The van der Waals surface area contributed by atoms with Gasteiger partial charge in [-0.2, -0.15) is 0 Å². The molecule has 1 aliphatic heterocycles. The summed E-state index contributed by atoms with van der Waals surface area (Å²) in [6.07, 6.45) is 3.17. The van der Waals surface area contributed by atoms with Crippen LogP contribution in [0.1, 0.15) is 5.69 Å². The lowest BCUT2D eigenvalue weighted by Crippen LogP contribution is -2.33. The molecule has 3 rings (SSSR count). The fourth-order valence-electron chi connectivity index (χ4n) is 2.19. The number of para-hydroxylation sites is 2. The van der Waals surface area contributed by atoms with E-state index in [9.17, 15) is 9.59 Å². The Morgan fingerprint density at radius 1 is 1.44 bits per heavy atom. The highest BCUT2D eigenvalue weighted by atomic mass is 32.2. The van der Waals surface area contributed by atoms with Crippen molar-refractivity contribution >= 4 is 46.3 Å². The molecular formula is C15H12N4O4S2. The first-order valence-electron chi connectivity index (χ1n) is 7.02. The Bertz CT molecular complexity index is 893. The molecule has 25 heavy (non-hydrogen) atoms. The molecule has 10 heteroatoms. The Hall–Kier alpha value is -2.72. The average molecular weight is 376 g/mol. The number of nitrogens with zero attached hydrogens (tertiary/aromatic N) is 4. The molecule has 2 aromatic rings. The molecule has 1 aromatic heterocycles. The second-order valence-corrected chi connectivity index (χ2v) is 6.60. The van der Waals surface area contributed by atoms with Gasteiger partial charge in [0.05, 0.1) is 18.2 Å². The van der Waals surface area contributed by atoms with E-state index in [4.69, 9.17) is 22.1 Å². The van der Waals surface area contributed by atoms with Crippen LogP contribution in [0, 0.1) is 0 Å². The smallest absolute Gasteiger partial charge is 0.323 e. The number of carbonyl (C=O) groups is 2. The van der Waals surface area contributed by atoms with Gasteiger partial charge in [-0.05, 0) is 18.2 Å². The van der Waals surface area contributed by atoms with Crippen molar-refractivity contribution in [1.82, 2.24) is 19.9 Å². The molecule has 0 saturated carbocycles. The van der Waals surface area contributed by atoms with Crippen LogP contribution in [-0.4, -0.2) is 54.9 Å². The van der Waals surface area contributed by atoms with Crippen molar-refractivity contribution in [1.29, 1.82) is 0 Å². The third-order valence-corrected chi connectivity index (χ3v) is 4.67. The normalized spacial score (nSPS) is 15.9. The summed E-state index contributed by atoms with van der Waals surface area (Å²) < 4.78 is 7.02. The maximum Gasteiger partial charge on any atom is 0.323 e. The second-order valence-electron chi connectivity index (χ2n) is 4.92. The van der Waals surface area contributed by atoms with E-state index in [0.717, 1.165) is 16.7 Å². The van der Waals surface area contributed by atoms with Gasteiger partial charge in [-0.15, -0.1) is 5.10 Å². The molecule has 0 spiro atoms. The summed E-state index contributed by atoms with van der Waals surface area (Å²) in [6.45, 7) is -0.462. The Labute approximate surface area is 152 Å². The highest BCUT2D eigenvalue weighted by Crippen LogP contribution is 2.32. The minimum absolute atomic E-state index is 0.204. The van der Waals surface area contributed by atoms with Crippen molar-refractivity contribution in [2.45, 2.75) is 0 Å².